The second-order valence-corrected chi connectivity index (χ2v) is 6.33. The Morgan fingerprint density at radius 3 is 2.52 bits per heavy atom. The van der Waals surface area contributed by atoms with Crippen LogP contribution in [0.15, 0.2) is 0 Å². The minimum atomic E-state index is 0.00508. The summed E-state index contributed by atoms with van der Waals surface area (Å²) in [5.74, 6) is 1.05. The summed E-state index contributed by atoms with van der Waals surface area (Å²) in [6, 6.07) is 0.245. The Balaban J connectivity index is 1.78. The topological polar surface area (TPSA) is 61.4 Å². The summed E-state index contributed by atoms with van der Waals surface area (Å²) in [4.78, 5) is 26.0. The molecule has 2 aliphatic rings. The van der Waals surface area contributed by atoms with Gasteiger partial charge in [-0.05, 0) is 38.1 Å². The zero-order chi connectivity index (χ0) is 15.2. The quantitative estimate of drug-likeness (QED) is 0.821. The normalized spacial score (nSPS) is 27.4. The van der Waals surface area contributed by atoms with E-state index in [0.29, 0.717) is 12.3 Å². The Labute approximate surface area is 127 Å². The van der Waals surface area contributed by atoms with Crippen molar-refractivity contribution in [1.29, 1.82) is 0 Å². The highest BCUT2D eigenvalue weighted by molar-refractivity contribution is 5.82. The highest BCUT2D eigenvalue weighted by Gasteiger charge is 2.31. The van der Waals surface area contributed by atoms with Gasteiger partial charge in [-0.25, -0.2) is 0 Å². The van der Waals surface area contributed by atoms with Gasteiger partial charge in [0.2, 0.25) is 11.8 Å². The van der Waals surface area contributed by atoms with E-state index in [1.165, 1.54) is 6.42 Å². The van der Waals surface area contributed by atoms with Crippen LogP contribution in [0.25, 0.3) is 0 Å². The molecule has 0 aromatic heterocycles. The molecule has 0 aromatic rings. The molecule has 120 valence electrons. The standard InChI is InChI=1S/C16H29N3O2/c1-3-12-5-8-17-14(11-12)16(21)19-9-6-13(7-10-19)18-15(20)4-2/h12-14,17H,3-11H2,1-2H3,(H,18,20). The lowest BCUT2D eigenvalue weighted by Crippen LogP contribution is -2.54. The van der Waals surface area contributed by atoms with Crippen molar-refractivity contribution in [3.05, 3.63) is 0 Å². The first-order chi connectivity index (χ1) is 10.1. The van der Waals surface area contributed by atoms with Crippen LogP contribution < -0.4 is 10.6 Å². The van der Waals surface area contributed by atoms with Crippen LogP contribution in [0.4, 0.5) is 0 Å². The molecule has 0 aromatic carbocycles. The van der Waals surface area contributed by atoms with Gasteiger partial charge in [0, 0.05) is 25.6 Å². The number of hydrogen-bond acceptors (Lipinski definition) is 3. The van der Waals surface area contributed by atoms with Crippen LogP contribution in [-0.4, -0.2) is 48.4 Å². The SMILES string of the molecule is CCC(=O)NC1CCN(C(=O)C2CC(CC)CCN2)CC1. The number of carbonyl (C=O) groups is 2. The summed E-state index contributed by atoms with van der Waals surface area (Å²) in [6.07, 6.45) is 5.61. The molecule has 2 fully saturated rings. The third-order valence-corrected chi connectivity index (χ3v) is 4.88. The first-order valence-corrected chi connectivity index (χ1v) is 8.45. The lowest BCUT2D eigenvalue weighted by Gasteiger charge is -2.37. The Kier molecular flexibility index (Phi) is 6.03. The van der Waals surface area contributed by atoms with Crippen LogP contribution >= 0.6 is 0 Å². The summed E-state index contributed by atoms with van der Waals surface area (Å²) < 4.78 is 0. The van der Waals surface area contributed by atoms with E-state index in [9.17, 15) is 9.59 Å². The smallest absolute Gasteiger partial charge is 0.239 e. The second kappa shape index (κ2) is 7.78. The molecule has 0 saturated carbocycles. The lowest BCUT2D eigenvalue weighted by molar-refractivity contribution is -0.135. The molecule has 2 rings (SSSR count). The van der Waals surface area contributed by atoms with Crippen molar-refractivity contribution in [2.45, 2.75) is 64.5 Å². The zero-order valence-corrected chi connectivity index (χ0v) is 13.4. The third kappa shape index (κ3) is 4.43. The molecular weight excluding hydrogens is 266 g/mol. The molecule has 2 amide bonds. The maximum Gasteiger partial charge on any atom is 0.239 e. The zero-order valence-electron chi connectivity index (χ0n) is 13.4. The first kappa shape index (κ1) is 16.3. The number of carbonyl (C=O) groups excluding carboxylic acids is 2. The van der Waals surface area contributed by atoms with Crippen LogP contribution in [0.5, 0.6) is 0 Å². The predicted octanol–water partition coefficient (Wildman–Crippen LogP) is 1.28. The number of amides is 2. The molecule has 0 bridgehead atoms. The summed E-state index contributed by atoms with van der Waals surface area (Å²) >= 11 is 0. The van der Waals surface area contributed by atoms with Gasteiger partial charge in [-0.3, -0.25) is 9.59 Å². The maximum atomic E-state index is 12.6. The molecule has 0 radical (unpaired) electrons. The fraction of sp³-hybridized carbons (Fsp3) is 0.875. The molecule has 0 spiro atoms. The summed E-state index contributed by atoms with van der Waals surface area (Å²) in [5.41, 5.74) is 0. The number of hydrogen-bond donors (Lipinski definition) is 2. The van der Waals surface area contributed by atoms with Crippen LogP contribution in [0.2, 0.25) is 0 Å². The summed E-state index contributed by atoms with van der Waals surface area (Å²) in [6.45, 7) is 6.56. The van der Waals surface area contributed by atoms with Crippen LogP contribution in [0, 0.1) is 5.92 Å². The van der Waals surface area contributed by atoms with Gasteiger partial charge < -0.3 is 15.5 Å². The predicted molar refractivity (Wildman–Crippen MR) is 82.8 cm³/mol. The van der Waals surface area contributed by atoms with E-state index in [-0.39, 0.29) is 23.9 Å². The number of rotatable bonds is 4. The monoisotopic (exact) mass is 295 g/mol. The molecule has 2 saturated heterocycles. The summed E-state index contributed by atoms with van der Waals surface area (Å²) in [5, 5.41) is 6.40. The third-order valence-electron chi connectivity index (χ3n) is 4.88. The van der Waals surface area contributed by atoms with Crippen molar-refractivity contribution in [2.75, 3.05) is 19.6 Å². The van der Waals surface area contributed by atoms with Gasteiger partial charge in [0.15, 0.2) is 0 Å². The van der Waals surface area contributed by atoms with Crippen molar-refractivity contribution in [3.8, 4) is 0 Å². The largest absolute Gasteiger partial charge is 0.353 e. The van der Waals surface area contributed by atoms with E-state index < -0.39 is 0 Å². The molecular formula is C16H29N3O2. The fourth-order valence-electron chi connectivity index (χ4n) is 3.35. The average molecular weight is 295 g/mol. The molecule has 0 aliphatic carbocycles. The van der Waals surface area contributed by atoms with E-state index in [0.717, 1.165) is 45.3 Å². The van der Waals surface area contributed by atoms with Crippen LogP contribution in [0.3, 0.4) is 0 Å². The van der Waals surface area contributed by atoms with E-state index in [4.69, 9.17) is 0 Å². The molecule has 2 atom stereocenters. The van der Waals surface area contributed by atoms with Gasteiger partial charge in [-0.15, -0.1) is 0 Å². The molecule has 2 unspecified atom stereocenters. The number of piperidine rings is 2. The highest BCUT2D eigenvalue weighted by atomic mass is 16.2. The Bertz CT molecular complexity index is 365. The Morgan fingerprint density at radius 2 is 1.90 bits per heavy atom. The van der Waals surface area contributed by atoms with Crippen molar-refractivity contribution in [1.82, 2.24) is 15.5 Å². The van der Waals surface area contributed by atoms with Crippen molar-refractivity contribution < 1.29 is 9.59 Å². The average Bonchev–Trinajstić information content (AvgIpc) is 2.54. The Hall–Kier alpha value is -1.10. The van der Waals surface area contributed by atoms with Crippen molar-refractivity contribution >= 4 is 11.8 Å². The number of likely N-dealkylation sites (tertiary alicyclic amines) is 1. The van der Waals surface area contributed by atoms with Gasteiger partial charge in [-0.1, -0.05) is 20.3 Å². The molecule has 2 N–H and O–H groups in total. The minimum absolute atomic E-state index is 0.00508. The molecule has 5 nitrogen and oxygen atoms in total. The maximum absolute atomic E-state index is 12.6. The van der Waals surface area contributed by atoms with Crippen molar-refractivity contribution in [2.24, 2.45) is 5.92 Å². The van der Waals surface area contributed by atoms with Crippen molar-refractivity contribution in [3.63, 3.8) is 0 Å². The fourth-order valence-corrected chi connectivity index (χ4v) is 3.35. The number of nitrogens with one attached hydrogen (secondary N) is 2. The van der Waals surface area contributed by atoms with Gasteiger partial charge in [0.05, 0.1) is 6.04 Å². The van der Waals surface area contributed by atoms with Crippen LogP contribution in [-0.2, 0) is 9.59 Å². The van der Waals surface area contributed by atoms with E-state index in [2.05, 4.69) is 17.6 Å². The minimum Gasteiger partial charge on any atom is -0.353 e. The highest BCUT2D eigenvalue weighted by Crippen LogP contribution is 2.21. The molecule has 5 heteroatoms. The van der Waals surface area contributed by atoms with E-state index >= 15 is 0 Å². The molecule has 21 heavy (non-hydrogen) atoms. The number of nitrogens with zero attached hydrogens (tertiary/aromatic N) is 1. The molecule has 2 aliphatic heterocycles. The second-order valence-electron chi connectivity index (χ2n) is 6.33. The van der Waals surface area contributed by atoms with Gasteiger partial charge in [0.1, 0.15) is 0 Å². The van der Waals surface area contributed by atoms with E-state index in [1.54, 1.807) is 0 Å². The van der Waals surface area contributed by atoms with Gasteiger partial charge in [0.25, 0.3) is 0 Å². The molecule has 2 heterocycles. The van der Waals surface area contributed by atoms with Gasteiger partial charge >= 0.3 is 0 Å². The first-order valence-electron chi connectivity index (χ1n) is 8.45. The lowest BCUT2D eigenvalue weighted by atomic mass is 9.89. The van der Waals surface area contributed by atoms with E-state index in [1.807, 2.05) is 11.8 Å². The Morgan fingerprint density at radius 1 is 1.19 bits per heavy atom. The van der Waals surface area contributed by atoms with Crippen LogP contribution in [0.1, 0.15) is 52.4 Å². The van der Waals surface area contributed by atoms with Gasteiger partial charge in [-0.2, -0.15) is 0 Å². The summed E-state index contributed by atoms with van der Waals surface area (Å²) in [7, 11) is 0.